The summed E-state index contributed by atoms with van der Waals surface area (Å²) in [7, 11) is 0. The normalized spacial score (nSPS) is 45.5. The molecule has 0 amide bonds. The second-order valence-corrected chi connectivity index (χ2v) is 9.44. The number of ether oxygens (including phenoxy) is 4. The van der Waals surface area contributed by atoms with Crippen LogP contribution in [-0.4, -0.2) is 45.7 Å². The van der Waals surface area contributed by atoms with E-state index in [1.54, 1.807) is 0 Å². The maximum atomic E-state index is 12.8. The molecule has 0 aromatic carbocycles. The first-order chi connectivity index (χ1) is 13.8. The van der Waals surface area contributed by atoms with Crippen LogP contribution in [0, 0.1) is 35.5 Å². The Labute approximate surface area is 169 Å². The van der Waals surface area contributed by atoms with Gasteiger partial charge in [-0.1, -0.05) is 6.08 Å². The van der Waals surface area contributed by atoms with Crippen molar-refractivity contribution >= 4 is 0 Å². The highest BCUT2D eigenvalue weighted by molar-refractivity contribution is 4.85. The lowest BCUT2D eigenvalue weighted by Crippen LogP contribution is -2.46. The van der Waals surface area contributed by atoms with Gasteiger partial charge in [-0.25, -0.2) is 0 Å². The fourth-order valence-corrected chi connectivity index (χ4v) is 5.61. The van der Waals surface area contributed by atoms with E-state index in [4.69, 9.17) is 18.9 Å². The van der Waals surface area contributed by atoms with Crippen LogP contribution in [0.2, 0.25) is 0 Å². The van der Waals surface area contributed by atoms with Crippen molar-refractivity contribution < 1.29 is 23.3 Å². The molecular formula is C23H37FO4. The second kappa shape index (κ2) is 10.0. The Bertz CT molecular complexity index is 469. The first-order valence-electron chi connectivity index (χ1n) is 11.4. The minimum atomic E-state index is -0.215. The van der Waals surface area contributed by atoms with Gasteiger partial charge in [0.15, 0.2) is 12.6 Å². The van der Waals surface area contributed by atoms with Crippen molar-refractivity contribution in [2.24, 2.45) is 35.5 Å². The highest BCUT2D eigenvalue weighted by Gasteiger charge is 2.38. The van der Waals surface area contributed by atoms with Crippen molar-refractivity contribution in [2.75, 3.05) is 33.1 Å². The largest absolute Gasteiger partial charge is 0.352 e. The molecule has 5 heteroatoms. The Kier molecular flexibility index (Phi) is 7.43. The molecule has 4 rings (SSSR count). The van der Waals surface area contributed by atoms with E-state index >= 15 is 0 Å². The van der Waals surface area contributed by atoms with Gasteiger partial charge in [-0.2, -0.15) is 0 Å². The van der Waals surface area contributed by atoms with Gasteiger partial charge in [-0.3, -0.25) is 4.39 Å². The number of alkyl halides is 1. The molecule has 0 bridgehead atoms. The Morgan fingerprint density at radius 3 is 1.64 bits per heavy atom. The summed E-state index contributed by atoms with van der Waals surface area (Å²) in [4.78, 5) is 0. The molecule has 0 aromatic heterocycles. The second-order valence-electron chi connectivity index (χ2n) is 9.44. The van der Waals surface area contributed by atoms with Gasteiger partial charge in [-0.05, 0) is 69.1 Å². The summed E-state index contributed by atoms with van der Waals surface area (Å²) >= 11 is 0. The third-order valence-corrected chi connectivity index (χ3v) is 7.59. The Hall–Kier alpha value is -0.490. The summed E-state index contributed by atoms with van der Waals surface area (Å²) in [6.07, 6.45) is 11.2. The summed E-state index contributed by atoms with van der Waals surface area (Å²) in [5.74, 6) is 2.94. The van der Waals surface area contributed by atoms with Crippen LogP contribution in [0.5, 0.6) is 0 Å². The van der Waals surface area contributed by atoms with Crippen LogP contribution in [-0.2, 0) is 18.9 Å². The van der Waals surface area contributed by atoms with Crippen molar-refractivity contribution in [1.29, 1.82) is 0 Å². The predicted octanol–water partition coefficient (Wildman–Crippen LogP) is 4.73. The first kappa shape index (κ1) is 20.8. The highest BCUT2D eigenvalue weighted by Crippen LogP contribution is 2.43. The molecule has 4 aliphatic rings. The van der Waals surface area contributed by atoms with Gasteiger partial charge in [0.2, 0.25) is 0 Å². The highest BCUT2D eigenvalue weighted by atomic mass is 19.1. The van der Waals surface area contributed by atoms with Crippen LogP contribution in [0.4, 0.5) is 4.39 Å². The number of rotatable bonds is 5. The fraction of sp³-hybridized carbons (Fsp3) is 0.913. The SMILES string of the molecule is C=CC1COC(C2COC(C3CCC(C4CCC(CF)CC4)CC3)OC2)OC1. The van der Waals surface area contributed by atoms with Crippen LogP contribution in [0.1, 0.15) is 51.4 Å². The lowest BCUT2D eigenvalue weighted by atomic mass is 9.69. The molecule has 4 fully saturated rings. The number of halogens is 1. The Morgan fingerprint density at radius 2 is 1.11 bits per heavy atom. The van der Waals surface area contributed by atoms with Crippen LogP contribution < -0.4 is 0 Å². The molecule has 0 spiro atoms. The van der Waals surface area contributed by atoms with Gasteiger partial charge in [0.05, 0.1) is 39.0 Å². The van der Waals surface area contributed by atoms with E-state index in [1.807, 2.05) is 6.08 Å². The minimum Gasteiger partial charge on any atom is -0.352 e. The van der Waals surface area contributed by atoms with Crippen molar-refractivity contribution in [1.82, 2.24) is 0 Å². The smallest absolute Gasteiger partial charge is 0.164 e. The quantitative estimate of drug-likeness (QED) is 0.630. The zero-order valence-corrected chi connectivity index (χ0v) is 17.1. The molecule has 4 nitrogen and oxygen atoms in total. The average Bonchev–Trinajstić information content (AvgIpc) is 2.79. The molecule has 2 aliphatic heterocycles. The van der Waals surface area contributed by atoms with Crippen molar-refractivity contribution in [3.63, 3.8) is 0 Å². The molecule has 0 radical (unpaired) electrons. The van der Waals surface area contributed by atoms with Gasteiger partial charge in [-0.15, -0.1) is 6.58 Å². The molecule has 28 heavy (non-hydrogen) atoms. The van der Waals surface area contributed by atoms with E-state index in [2.05, 4.69) is 6.58 Å². The van der Waals surface area contributed by atoms with E-state index in [1.165, 1.54) is 38.5 Å². The molecular weight excluding hydrogens is 359 g/mol. The number of hydrogen-bond acceptors (Lipinski definition) is 4. The van der Waals surface area contributed by atoms with Gasteiger partial charge in [0.1, 0.15) is 0 Å². The Balaban J connectivity index is 1.16. The van der Waals surface area contributed by atoms with Crippen molar-refractivity contribution in [3.8, 4) is 0 Å². The standard InChI is InChI=1S/C23H37FO4/c1-2-16-12-25-23(26-13-16)21-14-27-22(28-15-21)20-9-7-19(8-10-20)18-5-3-17(11-24)4-6-18/h2,16-23H,1,3-15H2. The lowest BCUT2D eigenvalue weighted by molar-refractivity contribution is -0.289. The predicted molar refractivity (Wildman–Crippen MR) is 105 cm³/mol. The van der Waals surface area contributed by atoms with E-state index in [-0.39, 0.29) is 31.1 Å². The monoisotopic (exact) mass is 396 g/mol. The maximum absolute atomic E-state index is 12.8. The molecule has 0 aromatic rings. The van der Waals surface area contributed by atoms with E-state index in [0.717, 1.165) is 24.7 Å². The molecule has 2 aliphatic carbocycles. The van der Waals surface area contributed by atoms with Crippen LogP contribution in [0.25, 0.3) is 0 Å². The summed E-state index contributed by atoms with van der Waals surface area (Å²) in [5, 5.41) is 0. The van der Waals surface area contributed by atoms with E-state index < -0.39 is 0 Å². The van der Waals surface area contributed by atoms with Crippen LogP contribution in [0.3, 0.4) is 0 Å². The molecule has 0 atom stereocenters. The zero-order chi connectivity index (χ0) is 19.3. The summed E-state index contributed by atoms with van der Waals surface area (Å²) in [6, 6.07) is 0. The lowest BCUT2D eigenvalue weighted by Gasteiger charge is -2.42. The Morgan fingerprint density at radius 1 is 0.643 bits per heavy atom. The van der Waals surface area contributed by atoms with Crippen LogP contribution >= 0.6 is 0 Å². The average molecular weight is 397 g/mol. The van der Waals surface area contributed by atoms with Crippen LogP contribution in [0.15, 0.2) is 12.7 Å². The molecule has 2 heterocycles. The van der Waals surface area contributed by atoms with Gasteiger partial charge < -0.3 is 18.9 Å². The van der Waals surface area contributed by atoms with Gasteiger partial charge in [0, 0.05) is 11.8 Å². The zero-order valence-electron chi connectivity index (χ0n) is 17.1. The first-order valence-corrected chi connectivity index (χ1v) is 11.4. The summed E-state index contributed by atoms with van der Waals surface area (Å²) in [6.45, 7) is 6.33. The van der Waals surface area contributed by atoms with Gasteiger partial charge in [0.25, 0.3) is 0 Å². The maximum Gasteiger partial charge on any atom is 0.164 e. The fourth-order valence-electron chi connectivity index (χ4n) is 5.61. The third kappa shape index (κ3) is 4.97. The molecule has 0 unspecified atom stereocenters. The van der Waals surface area contributed by atoms with Crippen molar-refractivity contribution in [3.05, 3.63) is 12.7 Å². The molecule has 160 valence electrons. The van der Waals surface area contributed by atoms with E-state index in [9.17, 15) is 4.39 Å². The summed E-state index contributed by atoms with van der Waals surface area (Å²) in [5.41, 5.74) is 0. The molecule has 2 saturated carbocycles. The number of hydrogen-bond donors (Lipinski definition) is 0. The van der Waals surface area contributed by atoms with Gasteiger partial charge >= 0.3 is 0 Å². The summed E-state index contributed by atoms with van der Waals surface area (Å²) < 4.78 is 36.7. The topological polar surface area (TPSA) is 36.9 Å². The minimum absolute atomic E-state index is 0.0658. The molecule has 2 saturated heterocycles. The molecule has 0 N–H and O–H groups in total. The van der Waals surface area contributed by atoms with Crippen molar-refractivity contribution in [2.45, 2.75) is 63.9 Å². The third-order valence-electron chi connectivity index (χ3n) is 7.59. The van der Waals surface area contributed by atoms with E-state index in [0.29, 0.717) is 38.3 Å².